The van der Waals surface area contributed by atoms with Crippen LogP contribution < -0.4 is 0 Å². The number of aryl methyl sites for hydroxylation is 1. The van der Waals surface area contributed by atoms with Crippen LogP contribution in [0.25, 0.3) is 0 Å². The average molecular weight is 317 g/mol. The van der Waals surface area contributed by atoms with Crippen molar-refractivity contribution in [1.29, 1.82) is 0 Å². The first kappa shape index (κ1) is 13.5. The van der Waals surface area contributed by atoms with E-state index >= 15 is 0 Å². The van der Waals surface area contributed by atoms with Gasteiger partial charge in [-0.2, -0.15) is 5.10 Å². The maximum absolute atomic E-state index is 12.6. The van der Waals surface area contributed by atoms with Gasteiger partial charge in [0.1, 0.15) is 5.69 Å². The molecule has 114 valence electrons. The summed E-state index contributed by atoms with van der Waals surface area (Å²) in [7, 11) is -1.64. The molecule has 4 rings (SSSR count). The van der Waals surface area contributed by atoms with E-state index in [2.05, 4.69) is 5.10 Å². The smallest absolute Gasteiger partial charge is 0.272 e. The van der Waals surface area contributed by atoms with Crippen LogP contribution in [0.3, 0.4) is 0 Å². The van der Waals surface area contributed by atoms with Crippen LogP contribution in [0.4, 0.5) is 0 Å². The number of aromatic nitrogens is 2. The fourth-order valence-electron chi connectivity index (χ4n) is 3.51. The van der Waals surface area contributed by atoms with Crippen molar-refractivity contribution in [1.82, 2.24) is 14.7 Å². The number of nitrogens with zero attached hydrogens (tertiary/aromatic N) is 3. The molecule has 2 aliphatic rings. The standard InChI is InChI=1S/C15H15N3O3S/c1-17-12(6-7-16-17)15(19)18-8-11-10-4-2-3-5-13(10)22(20,21)14(11)9-18/h2-7,11,14H,8-9H2,1H3/t11-,14-/m1/s1. The van der Waals surface area contributed by atoms with Gasteiger partial charge in [0.05, 0.1) is 10.1 Å². The normalized spacial score (nSPS) is 25.0. The molecule has 1 fully saturated rings. The predicted molar refractivity (Wildman–Crippen MR) is 79.3 cm³/mol. The lowest BCUT2D eigenvalue weighted by Crippen LogP contribution is -2.32. The number of amides is 1. The number of carbonyl (C=O) groups excluding carboxylic acids is 1. The first-order valence-electron chi connectivity index (χ1n) is 7.10. The molecule has 2 aliphatic heterocycles. The molecule has 6 nitrogen and oxygen atoms in total. The molecule has 0 aliphatic carbocycles. The van der Waals surface area contributed by atoms with Gasteiger partial charge in [-0.15, -0.1) is 0 Å². The Labute approximate surface area is 128 Å². The number of carbonyl (C=O) groups is 1. The molecule has 0 radical (unpaired) electrons. The quantitative estimate of drug-likeness (QED) is 0.780. The second kappa shape index (κ2) is 4.42. The molecule has 0 spiro atoms. The van der Waals surface area contributed by atoms with Gasteiger partial charge >= 0.3 is 0 Å². The van der Waals surface area contributed by atoms with Gasteiger partial charge < -0.3 is 4.90 Å². The zero-order chi connectivity index (χ0) is 15.5. The highest BCUT2D eigenvalue weighted by atomic mass is 32.2. The van der Waals surface area contributed by atoms with E-state index in [1.165, 1.54) is 4.68 Å². The Kier molecular flexibility index (Phi) is 2.72. The second-order valence-corrected chi connectivity index (χ2v) is 7.91. The molecule has 0 bridgehead atoms. The summed E-state index contributed by atoms with van der Waals surface area (Å²) in [6.07, 6.45) is 1.57. The van der Waals surface area contributed by atoms with Gasteiger partial charge in [0, 0.05) is 32.3 Å². The predicted octanol–water partition coefficient (Wildman–Crippen LogP) is 0.816. The second-order valence-electron chi connectivity index (χ2n) is 5.78. The van der Waals surface area contributed by atoms with Crippen LogP contribution in [0.5, 0.6) is 0 Å². The molecular formula is C15H15N3O3S. The van der Waals surface area contributed by atoms with Gasteiger partial charge in [0.15, 0.2) is 9.84 Å². The van der Waals surface area contributed by atoms with Gasteiger partial charge in [-0.1, -0.05) is 18.2 Å². The molecule has 0 unspecified atom stereocenters. The number of sulfone groups is 1. The van der Waals surface area contributed by atoms with Crippen molar-refractivity contribution >= 4 is 15.7 Å². The number of hydrogen-bond donors (Lipinski definition) is 0. The Morgan fingerprint density at radius 1 is 1.23 bits per heavy atom. The minimum absolute atomic E-state index is 0.127. The maximum Gasteiger partial charge on any atom is 0.272 e. The van der Waals surface area contributed by atoms with Crippen LogP contribution in [0.15, 0.2) is 41.4 Å². The molecule has 0 saturated carbocycles. The molecule has 1 aromatic heterocycles. The summed E-state index contributed by atoms with van der Waals surface area (Å²) in [5.74, 6) is -0.291. The summed E-state index contributed by atoms with van der Waals surface area (Å²) in [5, 5.41) is 3.47. The average Bonchev–Trinajstić information content (AvgIpc) is 3.16. The summed E-state index contributed by atoms with van der Waals surface area (Å²) in [6, 6.07) is 8.77. The van der Waals surface area contributed by atoms with Gasteiger partial charge in [-0.25, -0.2) is 8.42 Å². The van der Waals surface area contributed by atoms with Gasteiger partial charge in [0.2, 0.25) is 0 Å². The number of likely N-dealkylation sites (tertiary alicyclic amines) is 1. The molecule has 22 heavy (non-hydrogen) atoms. The lowest BCUT2D eigenvalue weighted by atomic mass is 9.99. The lowest BCUT2D eigenvalue weighted by Gasteiger charge is -2.17. The van der Waals surface area contributed by atoms with Gasteiger partial charge in [-0.3, -0.25) is 9.48 Å². The zero-order valence-corrected chi connectivity index (χ0v) is 12.8. The fraction of sp³-hybridized carbons (Fsp3) is 0.333. The zero-order valence-electron chi connectivity index (χ0n) is 12.0. The van der Waals surface area contributed by atoms with E-state index in [4.69, 9.17) is 0 Å². The minimum Gasteiger partial charge on any atom is -0.335 e. The Bertz CT molecular complexity index is 872. The largest absolute Gasteiger partial charge is 0.335 e. The fourth-order valence-corrected chi connectivity index (χ4v) is 5.69. The first-order chi connectivity index (χ1) is 10.5. The SMILES string of the molecule is Cn1nccc1C(=O)N1C[C@@H]2c3ccccc3S(=O)(=O)[C@@H]2C1. The summed E-state index contributed by atoms with van der Waals surface area (Å²) in [6.45, 7) is 0.677. The monoisotopic (exact) mass is 317 g/mol. The number of rotatable bonds is 1. The molecule has 3 heterocycles. The van der Waals surface area contributed by atoms with E-state index in [0.717, 1.165) is 5.56 Å². The topological polar surface area (TPSA) is 72.3 Å². The van der Waals surface area contributed by atoms with Crippen molar-refractivity contribution in [3.63, 3.8) is 0 Å². The molecule has 1 saturated heterocycles. The third-order valence-electron chi connectivity index (χ3n) is 4.62. The van der Waals surface area contributed by atoms with Gasteiger partial charge in [-0.05, 0) is 17.7 Å². The summed E-state index contributed by atoms with van der Waals surface area (Å²) in [5.41, 5.74) is 1.32. The molecule has 0 N–H and O–H groups in total. The van der Waals surface area contributed by atoms with Crippen molar-refractivity contribution in [3.8, 4) is 0 Å². The Hall–Kier alpha value is -2.15. The highest BCUT2D eigenvalue weighted by Crippen LogP contribution is 2.44. The van der Waals surface area contributed by atoms with Crippen molar-refractivity contribution < 1.29 is 13.2 Å². The maximum atomic E-state index is 12.6. The van der Waals surface area contributed by atoms with Crippen molar-refractivity contribution in [2.75, 3.05) is 13.1 Å². The van der Waals surface area contributed by atoms with E-state index < -0.39 is 15.1 Å². The van der Waals surface area contributed by atoms with Crippen LogP contribution >= 0.6 is 0 Å². The Morgan fingerprint density at radius 2 is 2.00 bits per heavy atom. The molecule has 1 amide bonds. The van der Waals surface area contributed by atoms with Gasteiger partial charge in [0.25, 0.3) is 5.91 Å². The molecule has 2 atom stereocenters. The Balaban J connectivity index is 1.70. The number of fused-ring (bicyclic) bond motifs is 3. The minimum atomic E-state index is -3.34. The van der Waals surface area contributed by atoms with Crippen molar-refractivity contribution in [2.45, 2.75) is 16.1 Å². The van der Waals surface area contributed by atoms with E-state index in [0.29, 0.717) is 17.1 Å². The molecular weight excluding hydrogens is 302 g/mol. The summed E-state index contributed by atoms with van der Waals surface area (Å²) in [4.78, 5) is 14.6. The summed E-state index contributed by atoms with van der Waals surface area (Å²) >= 11 is 0. The van der Waals surface area contributed by atoms with Crippen molar-refractivity contribution in [3.05, 3.63) is 47.8 Å². The van der Waals surface area contributed by atoms with Crippen LogP contribution in [0.2, 0.25) is 0 Å². The van der Waals surface area contributed by atoms with Crippen LogP contribution in [0.1, 0.15) is 22.0 Å². The van der Waals surface area contributed by atoms with Crippen LogP contribution in [0, 0.1) is 0 Å². The van der Waals surface area contributed by atoms with Crippen LogP contribution in [-0.2, 0) is 16.9 Å². The molecule has 1 aromatic carbocycles. The third-order valence-corrected chi connectivity index (χ3v) is 6.88. The third kappa shape index (κ3) is 1.68. The molecule has 7 heteroatoms. The summed E-state index contributed by atoms with van der Waals surface area (Å²) < 4.78 is 26.8. The number of benzene rings is 1. The van der Waals surface area contributed by atoms with E-state index in [1.807, 2.05) is 12.1 Å². The van der Waals surface area contributed by atoms with E-state index in [-0.39, 0.29) is 18.4 Å². The van der Waals surface area contributed by atoms with Crippen molar-refractivity contribution in [2.24, 2.45) is 7.05 Å². The first-order valence-corrected chi connectivity index (χ1v) is 8.65. The molecule has 2 aromatic rings. The lowest BCUT2D eigenvalue weighted by molar-refractivity contribution is 0.0780. The highest BCUT2D eigenvalue weighted by Gasteiger charge is 2.51. The van der Waals surface area contributed by atoms with E-state index in [1.54, 1.807) is 36.3 Å². The van der Waals surface area contributed by atoms with Crippen LogP contribution in [-0.4, -0.2) is 47.3 Å². The Morgan fingerprint density at radius 3 is 2.73 bits per heavy atom. The number of hydrogen-bond acceptors (Lipinski definition) is 4. The highest BCUT2D eigenvalue weighted by molar-refractivity contribution is 7.92. The van der Waals surface area contributed by atoms with E-state index in [9.17, 15) is 13.2 Å².